The smallest absolute Gasteiger partial charge is 0.0684 e. The topological polar surface area (TPSA) is 35.8 Å². The molecule has 0 saturated carbocycles. The summed E-state index contributed by atoms with van der Waals surface area (Å²) in [7, 11) is 0. The Morgan fingerprint density at radius 2 is 1.73 bits per heavy atom. The molecule has 0 aromatic carbocycles. The van der Waals surface area contributed by atoms with Crippen LogP contribution in [-0.2, 0) is 0 Å². The van der Waals surface area contributed by atoms with Crippen LogP contribution in [0, 0.1) is 28.1 Å². The summed E-state index contributed by atoms with van der Waals surface area (Å²) in [5, 5.41) is 12.3. The minimum atomic E-state index is -0.199. The van der Waals surface area contributed by atoms with Crippen molar-refractivity contribution in [1.82, 2.24) is 5.32 Å². The van der Waals surface area contributed by atoms with Crippen LogP contribution in [0.2, 0.25) is 0 Å². The highest BCUT2D eigenvalue weighted by Crippen LogP contribution is 2.25. The quantitative estimate of drug-likeness (QED) is 0.683. The Morgan fingerprint density at radius 1 is 1.20 bits per heavy atom. The molecule has 0 atom stereocenters. The molecule has 0 bridgehead atoms. The van der Waals surface area contributed by atoms with Crippen molar-refractivity contribution >= 4 is 0 Å². The van der Waals surface area contributed by atoms with E-state index in [1.807, 2.05) is 13.8 Å². The molecule has 0 amide bonds. The van der Waals surface area contributed by atoms with Crippen molar-refractivity contribution in [2.45, 2.75) is 48.0 Å². The second-order valence-electron chi connectivity index (χ2n) is 6.07. The molecule has 0 aliphatic heterocycles. The minimum absolute atomic E-state index is 0.199. The molecular weight excluding hydrogens is 184 g/mol. The van der Waals surface area contributed by atoms with Gasteiger partial charge in [-0.25, -0.2) is 0 Å². The fourth-order valence-electron chi connectivity index (χ4n) is 1.07. The van der Waals surface area contributed by atoms with Crippen molar-refractivity contribution in [2.75, 3.05) is 13.1 Å². The van der Waals surface area contributed by atoms with Gasteiger partial charge in [0.15, 0.2) is 0 Å². The van der Waals surface area contributed by atoms with E-state index < -0.39 is 0 Å². The van der Waals surface area contributed by atoms with Gasteiger partial charge < -0.3 is 5.32 Å². The first-order valence-electron chi connectivity index (χ1n) is 5.83. The van der Waals surface area contributed by atoms with Crippen LogP contribution >= 0.6 is 0 Å². The van der Waals surface area contributed by atoms with Crippen LogP contribution in [-0.4, -0.2) is 13.1 Å². The predicted molar refractivity (Wildman–Crippen MR) is 65.5 cm³/mol. The van der Waals surface area contributed by atoms with E-state index in [-0.39, 0.29) is 5.41 Å². The van der Waals surface area contributed by atoms with E-state index in [0.29, 0.717) is 11.3 Å². The Labute approximate surface area is 95.1 Å². The van der Waals surface area contributed by atoms with Gasteiger partial charge in [0, 0.05) is 6.54 Å². The third-order valence-corrected chi connectivity index (χ3v) is 3.37. The van der Waals surface area contributed by atoms with Gasteiger partial charge in [-0.05, 0) is 38.1 Å². The van der Waals surface area contributed by atoms with Crippen LogP contribution in [0.3, 0.4) is 0 Å². The SMILES string of the molecule is CC(C)C(C)(C)CNCCC(C)(C)C#N. The molecule has 0 heterocycles. The highest BCUT2D eigenvalue weighted by molar-refractivity contribution is 4.92. The zero-order valence-corrected chi connectivity index (χ0v) is 11.1. The average Bonchev–Trinajstić information content (AvgIpc) is 2.12. The number of rotatable bonds is 6. The molecule has 1 N–H and O–H groups in total. The highest BCUT2D eigenvalue weighted by Gasteiger charge is 2.22. The Hall–Kier alpha value is -0.550. The summed E-state index contributed by atoms with van der Waals surface area (Å²) >= 11 is 0. The van der Waals surface area contributed by atoms with Crippen molar-refractivity contribution < 1.29 is 0 Å². The maximum atomic E-state index is 8.86. The predicted octanol–water partition coefficient (Wildman–Crippen LogP) is 3.20. The molecule has 0 spiro atoms. The van der Waals surface area contributed by atoms with Crippen LogP contribution < -0.4 is 5.32 Å². The first-order chi connectivity index (χ1) is 6.71. The lowest BCUT2D eigenvalue weighted by molar-refractivity contribution is 0.235. The van der Waals surface area contributed by atoms with E-state index in [9.17, 15) is 0 Å². The molecule has 2 nitrogen and oxygen atoms in total. The summed E-state index contributed by atoms with van der Waals surface area (Å²) in [5.41, 5.74) is 0.131. The van der Waals surface area contributed by atoms with Crippen LogP contribution in [0.15, 0.2) is 0 Å². The molecular formula is C13H26N2. The normalized spacial score (nSPS) is 12.9. The molecule has 2 heteroatoms. The van der Waals surface area contributed by atoms with Crippen molar-refractivity contribution in [1.29, 1.82) is 5.26 Å². The van der Waals surface area contributed by atoms with Crippen molar-refractivity contribution in [3.8, 4) is 6.07 Å². The van der Waals surface area contributed by atoms with Crippen LogP contribution in [0.5, 0.6) is 0 Å². The Morgan fingerprint density at radius 3 is 2.13 bits per heavy atom. The Kier molecular flexibility index (Phi) is 5.31. The molecule has 0 aliphatic rings. The molecule has 0 unspecified atom stereocenters. The number of nitriles is 1. The number of hydrogen-bond donors (Lipinski definition) is 1. The van der Waals surface area contributed by atoms with Gasteiger partial charge in [-0.1, -0.05) is 27.7 Å². The van der Waals surface area contributed by atoms with Crippen molar-refractivity contribution in [2.24, 2.45) is 16.7 Å². The van der Waals surface area contributed by atoms with Gasteiger partial charge in [-0.15, -0.1) is 0 Å². The van der Waals surface area contributed by atoms with Gasteiger partial charge in [0.25, 0.3) is 0 Å². The van der Waals surface area contributed by atoms with Gasteiger partial charge in [0.2, 0.25) is 0 Å². The second kappa shape index (κ2) is 5.51. The molecule has 0 radical (unpaired) electrons. The highest BCUT2D eigenvalue weighted by atomic mass is 14.9. The summed E-state index contributed by atoms with van der Waals surface area (Å²) < 4.78 is 0. The van der Waals surface area contributed by atoms with Crippen LogP contribution in [0.25, 0.3) is 0 Å². The van der Waals surface area contributed by atoms with Gasteiger partial charge in [-0.3, -0.25) is 0 Å². The average molecular weight is 210 g/mol. The molecule has 88 valence electrons. The van der Waals surface area contributed by atoms with Crippen molar-refractivity contribution in [3.05, 3.63) is 0 Å². The van der Waals surface area contributed by atoms with Crippen LogP contribution in [0.1, 0.15) is 48.0 Å². The summed E-state index contributed by atoms with van der Waals surface area (Å²) in [5.74, 6) is 0.675. The lowest BCUT2D eigenvalue weighted by Crippen LogP contribution is -2.35. The molecule has 0 aromatic rings. The molecule has 0 rings (SSSR count). The van der Waals surface area contributed by atoms with Gasteiger partial charge in [0.05, 0.1) is 11.5 Å². The largest absolute Gasteiger partial charge is 0.316 e. The van der Waals surface area contributed by atoms with E-state index >= 15 is 0 Å². The zero-order chi connectivity index (χ0) is 12.1. The van der Waals surface area contributed by atoms with E-state index in [0.717, 1.165) is 19.5 Å². The summed E-state index contributed by atoms with van der Waals surface area (Å²) in [6.45, 7) is 15.0. The minimum Gasteiger partial charge on any atom is -0.316 e. The maximum absolute atomic E-state index is 8.86. The van der Waals surface area contributed by atoms with Gasteiger partial charge in [0.1, 0.15) is 0 Å². The van der Waals surface area contributed by atoms with Gasteiger partial charge in [-0.2, -0.15) is 5.26 Å². The fraction of sp³-hybridized carbons (Fsp3) is 0.923. The van der Waals surface area contributed by atoms with Crippen LogP contribution in [0.4, 0.5) is 0 Å². The summed E-state index contributed by atoms with van der Waals surface area (Å²) in [6, 6.07) is 2.32. The maximum Gasteiger partial charge on any atom is 0.0684 e. The number of nitrogens with one attached hydrogen (secondary N) is 1. The third-order valence-electron chi connectivity index (χ3n) is 3.37. The Balaban J connectivity index is 3.78. The zero-order valence-electron chi connectivity index (χ0n) is 11.1. The van der Waals surface area contributed by atoms with Crippen molar-refractivity contribution in [3.63, 3.8) is 0 Å². The lowest BCUT2D eigenvalue weighted by Gasteiger charge is -2.30. The monoisotopic (exact) mass is 210 g/mol. The van der Waals surface area contributed by atoms with E-state index in [2.05, 4.69) is 39.1 Å². The first-order valence-corrected chi connectivity index (χ1v) is 5.83. The first kappa shape index (κ1) is 14.5. The van der Waals surface area contributed by atoms with Gasteiger partial charge >= 0.3 is 0 Å². The second-order valence-corrected chi connectivity index (χ2v) is 6.07. The molecule has 0 aromatic heterocycles. The Bertz CT molecular complexity index is 221. The number of nitrogens with zero attached hydrogens (tertiary/aromatic N) is 1. The summed E-state index contributed by atoms with van der Waals surface area (Å²) in [4.78, 5) is 0. The molecule has 15 heavy (non-hydrogen) atoms. The fourth-order valence-corrected chi connectivity index (χ4v) is 1.07. The number of hydrogen-bond acceptors (Lipinski definition) is 2. The molecule has 0 aliphatic carbocycles. The van der Waals surface area contributed by atoms with E-state index in [1.54, 1.807) is 0 Å². The molecule has 0 fully saturated rings. The standard InChI is InChI=1S/C13H26N2/c1-11(2)13(5,6)10-15-8-7-12(3,4)9-14/h11,15H,7-8,10H2,1-6H3. The lowest BCUT2D eigenvalue weighted by atomic mass is 9.81. The van der Waals surface area contributed by atoms with E-state index in [1.165, 1.54) is 0 Å². The summed E-state index contributed by atoms with van der Waals surface area (Å²) in [6.07, 6.45) is 0.914. The third kappa shape index (κ3) is 5.79. The van der Waals surface area contributed by atoms with E-state index in [4.69, 9.17) is 5.26 Å². The molecule has 0 saturated heterocycles.